The largest absolute Gasteiger partial charge is 0.489 e. The van der Waals surface area contributed by atoms with Gasteiger partial charge in [0.2, 0.25) is 0 Å². The van der Waals surface area contributed by atoms with Crippen LogP contribution < -0.4 is 10.5 Å². The third-order valence-electron chi connectivity index (χ3n) is 3.11. The van der Waals surface area contributed by atoms with Gasteiger partial charge in [-0.3, -0.25) is 0 Å². The van der Waals surface area contributed by atoms with E-state index in [1.165, 1.54) is 0 Å². The predicted octanol–water partition coefficient (Wildman–Crippen LogP) is 3.47. The number of nitriles is 1. The molecule has 1 atom stereocenters. The van der Waals surface area contributed by atoms with E-state index in [9.17, 15) is 0 Å². The van der Waals surface area contributed by atoms with Gasteiger partial charge in [0, 0.05) is 11.6 Å². The van der Waals surface area contributed by atoms with Gasteiger partial charge in [0.25, 0.3) is 0 Å². The van der Waals surface area contributed by atoms with Crippen LogP contribution in [0.4, 0.5) is 0 Å². The minimum Gasteiger partial charge on any atom is -0.489 e. The summed E-state index contributed by atoms with van der Waals surface area (Å²) in [6.45, 7) is 4.41. The summed E-state index contributed by atoms with van der Waals surface area (Å²) in [7, 11) is 0. The molecule has 0 saturated carbocycles. The lowest BCUT2D eigenvalue weighted by Gasteiger charge is -2.15. The zero-order valence-electron chi connectivity index (χ0n) is 11.8. The minimum absolute atomic E-state index is 0.0738. The van der Waals surface area contributed by atoms with Crippen LogP contribution in [0.15, 0.2) is 42.5 Å². The van der Waals surface area contributed by atoms with Crippen molar-refractivity contribution in [3.8, 4) is 11.8 Å². The predicted molar refractivity (Wildman–Crippen MR) is 79.3 cm³/mol. The lowest BCUT2D eigenvalue weighted by Crippen LogP contribution is -2.08. The van der Waals surface area contributed by atoms with Crippen molar-refractivity contribution >= 4 is 0 Å². The van der Waals surface area contributed by atoms with Crippen LogP contribution in [0.3, 0.4) is 0 Å². The molecule has 0 bridgehead atoms. The molecule has 102 valence electrons. The maximum atomic E-state index is 8.89. The Hall–Kier alpha value is -2.31. The van der Waals surface area contributed by atoms with E-state index in [1.54, 1.807) is 6.07 Å². The molecule has 0 fully saturated rings. The van der Waals surface area contributed by atoms with Gasteiger partial charge in [-0.1, -0.05) is 29.8 Å². The molecule has 0 heterocycles. The van der Waals surface area contributed by atoms with Crippen molar-refractivity contribution < 1.29 is 4.74 Å². The number of hydrogen-bond acceptors (Lipinski definition) is 3. The van der Waals surface area contributed by atoms with Crippen LogP contribution in [0.2, 0.25) is 0 Å². The summed E-state index contributed by atoms with van der Waals surface area (Å²) in [5, 5.41) is 8.89. The molecular formula is C17H18N2O. The molecule has 0 amide bonds. The van der Waals surface area contributed by atoms with Crippen LogP contribution in [-0.2, 0) is 6.61 Å². The molecule has 20 heavy (non-hydrogen) atoms. The molecule has 1 unspecified atom stereocenters. The summed E-state index contributed by atoms with van der Waals surface area (Å²) in [6.07, 6.45) is 0. The lowest BCUT2D eigenvalue weighted by molar-refractivity contribution is 0.301. The third kappa shape index (κ3) is 3.37. The van der Waals surface area contributed by atoms with Gasteiger partial charge in [-0.25, -0.2) is 0 Å². The SMILES string of the molecule is Cc1ccc(OCc2cccc(C#N)c2)c(C(C)N)c1. The average molecular weight is 266 g/mol. The standard InChI is InChI=1S/C17H18N2O/c1-12-6-7-17(16(8-12)13(2)19)20-11-15-5-3-4-14(9-15)10-18/h3-9,13H,11,19H2,1-2H3. The van der Waals surface area contributed by atoms with E-state index >= 15 is 0 Å². The number of ether oxygens (including phenoxy) is 1. The summed E-state index contributed by atoms with van der Waals surface area (Å²) in [6, 6.07) is 15.5. The molecule has 0 radical (unpaired) electrons. The van der Waals surface area contributed by atoms with Gasteiger partial charge in [-0.05, 0) is 37.6 Å². The van der Waals surface area contributed by atoms with Gasteiger partial charge in [-0.15, -0.1) is 0 Å². The molecule has 2 N–H and O–H groups in total. The van der Waals surface area contributed by atoms with Crippen molar-refractivity contribution in [2.45, 2.75) is 26.5 Å². The molecule has 2 rings (SSSR count). The average Bonchev–Trinajstić information content (AvgIpc) is 2.46. The smallest absolute Gasteiger partial charge is 0.124 e. The first kappa shape index (κ1) is 14.1. The first-order chi connectivity index (χ1) is 9.60. The van der Waals surface area contributed by atoms with Gasteiger partial charge >= 0.3 is 0 Å². The number of nitrogens with zero attached hydrogens (tertiary/aromatic N) is 1. The fourth-order valence-electron chi connectivity index (χ4n) is 2.05. The highest BCUT2D eigenvalue weighted by molar-refractivity contribution is 5.39. The normalized spacial score (nSPS) is 11.7. The molecule has 3 nitrogen and oxygen atoms in total. The zero-order valence-corrected chi connectivity index (χ0v) is 11.8. The molecule has 0 aromatic heterocycles. The molecule has 3 heteroatoms. The van der Waals surface area contributed by atoms with Crippen LogP contribution in [0, 0.1) is 18.3 Å². The van der Waals surface area contributed by atoms with Crippen LogP contribution >= 0.6 is 0 Å². The molecule has 0 aliphatic rings. The first-order valence-electron chi connectivity index (χ1n) is 6.58. The Morgan fingerprint density at radius 2 is 2.05 bits per heavy atom. The van der Waals surface area contributed by atoms with E-state index in [0.29, 0.717) is 12.2 Å². The quantitative estimate of drug-likeness (QED) is 0.921. The Morgan fingerprint density at radius 1 is 1.25 bits per heavy atom. The Kier molecular flexibility index (Phi) is 4.39. The number of rotatable bonds is 4. The Balaban J connectivity index is 2.16. The van der Waals surface area contributed by atoms with Crippen molar-refractivity contribution in [3.63, 3.8) is 0 Å². The zero-order chi connectivity index (χ0) is 14.5. The van der Waals surface area contributed by atoms with Gasteiger partial charge in [0.05, 0.1) is 11.6 Å². The highest BCUT2D eigenvalue weighted by Gasteiger charge is 2.08. The summed E-state index contributed by atoms with van der Waals surface area (Å²) in [5.41, 5.74) is 9.75. The van der Waals surface area contributed by atoms with E-state index in [2.05, 4.69) is 6.07 Å². The lowest BCUT2D eigenvalue weighted by atomic mass is 10.1. The van der Waals surface area contributed by atoms with Crippen molar-refractivity contribution in [2.75, 3.05) is 0 Å². The van der Waals surface area contributed by atoms with E-state index in [0.717, 1.165) is 22.4 Å². The van der Waals surface area contributed by atoms with Gasteiger partial charge in [-0.2, -0.15) is 5.26 Å². The minimum atomic E-state index is -0.0738. The summed E-state index contributed by atoms with van der Waals surface area (Å²) in [4.78, 5) is 0. The number of benzene rings is 2. The molecule has 2 aromatic rings. The second-order valence-corrected chi connectivity index (χ2v) is 4.93. The number of nitrogens with two attached hydrogens (primary N) is 1. The fraction of sp³-hybridized carbons (Fsp3) is 0.235. The molecule has 0 saturated heterocycles. The fourth-order valence-corrected chi connectivity index (χ4v) is 2.05. The van der Waals surface area contributed by atoms with Crippen molar-refractivity contribution in [1.82, 2.24) is 0 Å². The highest BCUT2D eigenvalue weighted by Crippen LogP contribution is 2.25. The number of hydrogen-bond donors (Lipinski definition) is 1. The summed E-state index contributed by atoms with van der Waals surface area (Å²) in [5.74, 6) is 0.799. The van der Waals surface area contributed by atoms with E-state index < -0.39 is 0 Å². The topological polar surface area (TPSA) is 59.0 Å². The van der Waals surface area contributed by atoms with Crippen molar-refractivity contribution in [2.24, 2.45) is 5.73 Å². The second-order valence-electron chi connectivity index (χ2n) is 4.93. The summed E-state index contributed by atoms with van der Waals surface area (Å²) >= 11 is 0. The molecule has 0 spiro atoms. The van der Waals surface area contributed by atoms with E-state index in [4.69, 9.17) is 15.7 Å². The van der Waals surface area contributed by atoms with Crippen LogP contribution in [0.1, 0.15) is 35.2 Å². The van der Waals surface area contributed by atoms with Gasteiger partial charge < -0.3 is 10.5 Å². The Morgan fingerprint density at radius 3 is 2.75 bits per heavy atom. The van der Waals surface area contributed by atoms with E-state index in [-0.39, 0.29) is 6.04 Å². The monoisotopic (exact) mass is 266 g/mol. The third-order valence-corrected chi connectivity index (χ3v) is 3.11. The van der Waals surface area contributed by atoms with Crippen LogP contribution in [0.5, 0.6) is 5.75 Å². The second kappa shape index (κ2) is 6.23. The highest BCUT2D eigenvalue weighted by atomic mass is 16.5. The number of aryl methyl sites for hydroxylation is 1. The summed E-state index contributed by atoms with van der Waals surface area (Å²) < 4.78 is 5.85. The molecular weight excluding hydrogens is 248 g/mol. The molecule has 2 aromatic carbocycles. The van der Waals surface area contributed by atoms with Crippen LogP contribution in [-0.4, -0.2) is 0 Å². The van der Waals surface area contributed by atoms with Crippen molar-refractivity contribution in [3.05, 3.63) is 64.7 Å². The first-order valence-corrected chi connectivity index (χ1v) is 6.58. The van der Waals surface area contributed by atoms with Crippen LogP contribution in [0.25, 0.3) is 0 Å². The van der Waals surface area contributed by atoms with Crippen molar-refractivity contribution in [1.29, 1.82) is 5.26 Å². The molecule has 0 aliphatic heterocycles. The van der Waals surface area contributed by atoms with E-state index in [1.807, 2.05) is 50.2 Å². The maximum Gasteiger partial charge on any atom is 0.124 e. The molecule has 0 aliphatic carbocycles. The van der Waals surface area contributed by atoms with Gasteiger partial charge in [0.1, 0.15) is 12.4 Å². The Labute approximate surface area is 119 Å². The Bertz CT molecular complexity index is 642. The maximum absolute atomic E-state index is 8.89. The van der Waals surface area contributed by atoms with Gasteiger partial charge in [0.15, 0.2) is 0 Å².